The number of rotatable bonds is 3. The minimum atomic E-state index is 0.0392. The van der Waals surface area contributed by atoms with E-state index in [1.807, 2.05) is 4.90 Å². The average molecular weight is 380 g/mol. The third-order valence-electron chi connectivity index (χ3n) is 5.98. The lowest BCUT2D eigenvalue weighted by atomic mass is 10.1. The molecule has 0 aliphatic carbocycles. The third-order valence-corrected chi connectivity index (χ3v) is 5.98. The molecule has 0 radical (unpaired) electrons. The Labute approximate surface area is 167 Å². The molecule has 2 aliphatic rings. The number of nitrogens with zero attached hydrogens (tertiary/aromatic N) is 5. The molecule has 28 heavy (non-hydrogen) atoms. The highest BCUT2D eigenvalue weighted by Gasteiger charge is 2.23. The first-order valence-electron chi connectivity index (χ1n) is 10.3. The Bertz CT molecular complexity index is 839. The van der Waals surface area contributed by atoms with Crippen LogP contribution in [0.1, 0.15) is 40.9 Å². The summed E-state index contributed by atoms with van der Waals surface area (Å²) in [6.45, 7) is 9.60. The van der Waals surface area contributed by atoms with Crippen LogP contribution in [0.25, 0.3) is 0 Å². The van der Waals surface area contributed by atoms with Crippen LogP contribution in [0.4, 0.5) is 11.6 Å². The second-order valence-electron chi connectivity index (χ2n) is 7.79. The molecule has 0 N–H and O–H groups in total. The second kappa shape index (κ2) is 8.17. The Morgan fingerprint density at radius 2 is 1.61 bits per heavy atom. The van der Waals surface area contributed by atoms with E-state index >= 15 is 0 Å². The Balaban J connectivity index is 1.43. The molecule has 0 atom stereocenters. The number of piperidine rings is 1. The number of benzene rings is 1. The van der Waals surface area contributed by atoms with E-state index in [2.05, 4.69) is 51.8 Å². The Hall–Kier alpha value is -2.63. The van der Waals surface area contributed by atoms with Crippen LogP contribution in [0.3, 0.4) is 0 Å². The maximum Gasteiger partial charge on any atom is 0.272 e. The van der Waals surface area contributed by atoms with Crippen molar-refractivity contribution in [2.75, 3.05) is 49.1 Å². The molecule has 6 nitrogen and oxygen atoms in total. The number of hydrogen-bond donors (Lipinski definition) is 0. The van der Waals surface area contributed by atoms with Crippen molar-refractivity contribution < 1.29 is 4.79 Å². The number of aryl methyl sites for hydroxylation is 1. The molecule has 0 spiro atoms. The second-order valence-corrected chi connectivity index (χ2v) is 7.79. The predicted octanol–water partition coefficient (Wildman–Crippen LogP) is 3.05. The first-order valence-corrected chi connectivity index (χ1v) is 10.3. The normalized spacial score (nSPS) is 17.7. The van der Waals surface area contributed by atoms with Gasteiger partial charge >= 0.3 is 0 Å². The molecule has 148 valence electrons. The highest BCUT2D eigenvalue weighted by atomic mass is 16.2. The van der Waals surface area contributed by atoms with Gasteiger partial charge in [-0.2, -0.15) is 0 Å². The van der Waals surface area contributed by atoms with Gasteiger partial charge in [0.05, 0.1) is 0 Å². The standard InChI is InChI=1S/C22H29N5O/c1-17-7-6-8-20(18(17)2)25-13-15-27(16-14-25)22-23-10-9-19(24-22)21(28)26-11-4-3-5-12-26/h6-10H,3-5,11-16H2,1-2H3. The highest BCUT2D eigenvalue weighted by molar-refractivity contribution is 5.92. The summed E-state index contributed by atoms with van der Waals surface area (Å²) in [5.74, 6) is 0.709. The lowest BCUT2D eigenvalue weighted by Gasteiger charge is -2.37. The van der Waals surface area contributed by atoms with Gasteiger partial charge in [0.25, 0.3) is 5.91 Å². The van der Waals surface area contributed by atoms with Crippen molar-refractivity contribution >= 4 is 17.5 Å². The van der Waals surface area contributed by atoms with Crippen LogP contribution in [0, 0.1) is 13.8 Å². The van der Waals surface area contributed by atoms with Gasteiger partial charge in [0.15, 0.2) is 0 Å². The minimum Gasteiger partial charge on any atom is -0.368 e. The van der Waals surface area contributed by atoms with Crippen LogP contribution in [-0.4, -0.2) is 60.0 Å². The number of anilines is 2. The largest absolute Gasteiger partial charge is 0.368 e. The molecule has 3 heterocycles. The van der Waals surface area contributed by atoms with E-state index in [-0.39, 0.29) is 5.91 Å². The van der Waals surface area contributed by atoms with Crippen LogP contribution in [-0.2, 0) is 0 Å². The van der Waals surface area contributed by atoms with Gasteiger partial charge in [0.1, 0.15) is 5.69 Å². The zero-order valence-corrected chi connectivity index (χ0v) is 16.9. The number of likely N-dealkylation sites (tertiary alicyclic amines) is 1. The molecule has 4 rings (SSSR count). The predicted molar refractivity (Wildman–Crippen MR) is 112 cm³/mol. The summed E-state index contributed by atoms with van der Waals surface area (Å²) in [4.78, 5) is 28.3. The Morgan fingerprint density at radius 3 is 2.36 bits per heavy atom. The van der Waals surface area contributed by atoms with Gasteiger partial charge in [-0.3, -0.25) is 4.79 Å². The molecule has 6 heteroatoms. The van der Waals surface area contributed by atoms with Crippen molar-refractivity contribution in [1.29, 1.82) is 0 Å². The molecular formula is C22H29N5O. The van der Waals surface area contributed by atoms with Crippen molar-refractivity contribution in [1.82, 2.24) is 14.9 Å². The molecule has 2 aliphatic heterocycles. The molecule has 0 saturated carbocycles. The van der Waals surface area contributed by atoms with Crippen molar-refractivity contribution in [2.45, 2.75) is 33.1 Å². The number of aromatic nitrogens is 2. The third kappa shape index (κ3) is 3.81. The summed E-state index contributed by atoms with van der Waals surface area (Å²) in [6.07, 6.45) is 5.11. The molecule has 0 bridgehead atoms. The Kier molecular flexibility index (Phi) is 5.46. The first-order chi connectivity index (χ1) is 13.6. The summed E-state index contributed by atoms with van der Waals surface area (Å²) in [5.41, 5.74) is 4.51. The van der Waals surface area contributed by atoms with Crippen molar-refractivity contribution in [3.05, 3.63) is 47.3 Å². The fourth-order valence-corrected chi connectivity index (χ4v) is 4.10. The quantitative estimate of drug-likeness (QED) is 0.820. The lowest BCUT2D eigenvalue weighted by molar-refractivity contribution is 0.0718. The topological polar surface area (TPSA) is 52.6 Å². The number of piperazine rings is 1. The number of hydrogen-bond acceptors (Lipinski definition) is 5. The van der Waals surface area contributed by atoms with Gasteiger partial charge in [0.2, 0.25) is 5.95 Å². The molecule has 1 aromatic heterocycles. The average Bonchev–Trinajstić information content (AvgIpc) is 2.76. The van der Waals surface area contributed by atoms with Crippen molar-refractivity contribution in [2.24, 2.45) is 0 Å². The summed E-state index contributed by atoms with van der Waals surface area (Å²) < 4.78 is 0. The summed E-state index contributed by atoms with van der Waals surface area (Å²) in [6, 6.07) is 8.23. The van der Waals surface area contributed by atoms with E-state index in [0.717, 1.165) is 52.1 Å². The van der Waals surface area contributed by atoms with E-state index in [1.54, 1.807) is 12.3 Å². The summed E-state index contributed by atoms with van der Waals surface area (Å²) >= 11 is 0. The molecule has 1 aromatic carbocycles. The van der Waals surface area contributed by atoms with Gasteiger partial charge in [-0.05, 0) is 56.4 Å². The summed E-state index contributed by atoms with van der Waals surface area (Å²) in [7, 11) is 0. The summed E-state index contributed by atoms with van der Waals surface area (Å²) in [5, 5.41) is 0. The first kappa shape index (κ1) is 18.7. The maximum absolute atomic E-state index is 12.8. The van der Waals surface area contributed by atoms with Gasteiger partial charge in [-0.1, -0.05) is 12.1 Å². The van der Waals surface area contributed by atoms with Gasteiger partial charge in [-0.25, -0.2) is 9.97 Å². The maximum atomic E-state index is 12.8. The van der Waals surface area contributed by atoms with E-state index < -0.39 is 0 Å². The van der Waals surface area contributed by atoms with Crippen molar-refractivity contribution in [3.8, 4) is 0 Å². The highest BCUT2D eigenvalue weighted by Crippen LogP contribution is 2.24. The van der Waals surface area contributed by atoms with E-state index in [0.29, 0.717) is 11.6 Å². The van der Waals surface area contributed by atoms with Gasteiger partial charge < -0.3 is 14.7 Å². The van der Waals surface area contributed by atoms with Gasteiger partial charge in [-0.15, -0.1) is 0 Å². The van der Waals surface area contributed by atoms with Crippen molar-refractivity contribution in [3.63, 3.8) is 0 Å². The number of carbonyl (C=O) groups excluding carboxylic acids is 1. The number of amides is 1. The fraction of sp³-hybridized carbons (Fsp3) is 0.500. The van der Waals surface area contributed by atoms with Gasteiger partial charge in [0, 0.05) is 51.2 Å². The molecule has 2 aromatic rings. The minimum absolute atomic E-state index is 0.0392. The van der Waals surface area contributed by atoms with Crippen LogP contribution in [0.5, 0.6) is 0 Å². The van der Waals surface area contributed by atoms with E-state index in [1.165, 1.54) is 23.2 Å². The van der Waals surface area contributed by atoms with Crippen LogP contribution in [0.15, 0.2) is 30.5 Å². The monoisotopic (exact) mass is 379 g/mol. The zero-order valence-electron chi connectivity index (χ0n) is 16.9. The molecular weight excluding hydrogens is 350 g/mol. The molecule has 2 saturated heterocycles. The SMILES string of the molecule is Cc1cccc(N2CCN(c3nccc(C(=O)N4CCCCC4)n3)CC2)c1C. The van der Waals surface area contributed by atoms with E-state index in [9.17, 15) is 4.79 Å². The Morgan fingerprint density at radius 1 is 0.893 bits per heavy atom. The molecule has 2 fully saturated rings. The van der Waals surface area contributed by atoms with Crippen LogP contribution in [0.2, 0.25) is 0 Å². The van der Waals surface area contributed by atoms with Crippen LogP contribution >= 0.6 is 0 Å². The fourth-order valence-electron chi connectivity index (χ4n) is 4.10. The zero-order chi connectivity index (χ0) is 19.5. The smallest absolute Gasteiger partial charge is 0.272 e. The number of carbonyl (C=O) groups is 1. The molecule has 1 amide bonds. The lowest BCUT2D eigenvalue weighted by Crippen LogP contribution is -2.47. The van der Waals surface area contributed by atoms with E-state index in [4.69, 9.17) is 0 Å². The molecule has 0 unspecified atom stereocenters. The van der Waals surface area contributed by atoms with Crippen LogP contribution < -0.4 is 9.80 Å².